The number of ether oxygens (including phenoxy) is 1. The molecule has 4 saturated heterocycles. The first-order chi connectivity index (χ1) is 48.0. The number of carbonyl (C=O) groups is 2. The number of aromatic amines is 5. The van der Waals surface area contributed by atoms with Crippen molar-refractivity contribution in [1.29, 1.82) is 0 Å². The topological polar surface area (TPSA) is 295 Å². The molecule has 4 aliphatic heterocycles. The quantitative estimate of drug-likeness (QED) is 0.0625. The molecule has 2 unspecified atom stereocenters. The van der Waals surface area contributed by atoms with E-state index in [1.54, 1.807) is 47.0 Å². The molecule has 2 atom stereocenters. The van der Waals surface area contributed by atoms with Crippen molar-refractivity contribution >= 4 is 133 Å². The van der Waals surface area contributed by atoms with Crippen molar-refractivity contribution in [2.75, 3.05) is 101 Å². The molecule has 6 aliphatic rings. The maximum atomic E-state index is 11.9. The zero-order valence-corrected chi connectivity index (χ0v) is 61.3. The number of aliphatic hydroxyl groups is 1. The average molecular weight is 1470 g/mol. The number of hydrogen-bond acceptors (Lipinski definition) is 15. The number of aliphatic hydroxyl groups excluding tert-OH is 1. The largest absolute Gasteiger partial charge is 0.490 e. The summed E-state index contributed by atoms with van der Waals surface area (Å²) in [7, 11) is -6.23. The number of piperazine rings is 2. The lowest BCUT2D eigenvalue weighted by atomic mass is 9.86. The Morgan fingerprint density at radius 3 is 1.34 bits per heavy atom. The zero-order chi connectivity index (χ0) is 70.6. The van der Waals surface area contributed by atoms with E-state index in [0.717, 1.165) is 127 Å². The maximum absolute atomic E-state index is 11.9. The molecule has 534 valence electrons. The molecule has 16 rings (SSSR count). The second-order valence-corrected chi connectivity index (χ2v) is 32.3. The van der Waals surface area contributed by atoms with Crippen molar-refractivity contribution in [2.24, 2.45) is 0 Å². The van der Waals surface area contributed by atoms with Crippen LogP contribution < -0.4 is 14.5 Å². The van der Waals surface area contributed by atoms with Crippen molar-refractivity contribution in [2.45, 2.75) is 128 Å². The van der Waals surface area contributed by atoms with E-state index in [1.165, 1.54) is 76.7 Å². The Bertz CT molecular complexity index is 4750. The van der Waals surface area contributed by atoms with Crippen LogP contribution in [-0.2, 0) is 29.6 Å². The highest BCUT2D eigenvalue weighted by atomic mass is 35.5. The van der Waals surface area contributed by atoms with Crippen LogP contribution in [0.3, 0.4) is 0 Å². The van der Waals surface area contributed by atoms with Crippen molar-refractivity contribution in [3.8, 4) is 5.75 Å². The van der Waals surface area contributed by atoms with Crippen LogP contribution in [0, 0.1) is 0 Å². The predicted molar refractivity (Wildman–Crippen MR) is 396 cm³/mol. The van der Waals surface area contributed by atoms with E-state index < -0.39 is 20.0 Å². The first-order valence-corrected chi connectivity index (χ1v) is 39.4. The summed E-state index contributed by atoms with van der Waals surface area (Å²) in [6, 6.07) is 20.6. The summed E-state index contributed by atoms with van der Waals surface area (Å²) >= 11 is 18.3. The van der Waals surface area contributed by atoms with Crippen LogP contribution in [0.1, 0.15) is 138 Å². The van der Waals surface area contributed by atoms with Gasteiger partial charge in [-0.05, 0) is 159 Å². The molecular weight excluding hydrogens is 1380 g/mol. The number of halogens is 3. The van der Waals surface area contributed by atoms with Crippen LogP contribution in [-0.4, -0.2) is 206 Å². The van der Waals surface area contributed by atoms with Crippen molar-refractivity contribution in [3.05, 3.63) is 129 Å². The monoisotopic (exact) mass is 1460 g/mol. The van der Waals surface area contributed by atoms with Crippen LogP contribution in [0.5, 0.6) is 5.75 Å². The van der Waals surface area contributed by atoms with E-state index in [2.05, 4.69) is 92.0 Å². The number of piperidine rings is 2. The lowest BCUT2D eigenvalue weighted by Crippen LogP contribution is -2.54. The number of amides is 2. The summed E-state index contributed by atoms with van der Waals surface area (Å²) < 4.78 is 55.6. The fraction of sp³-hybridized carbons (Fsp3) is 0.479. The van der Waals surface area contributed by atoms with E-state index in [0.29, 0.717) is 71.3 Å². The van der Waals surface area contributed by atoms with E-state index in [-0.39, 0.29) is 37.1 Å². The number of fused-ring (bicyclic) bond motifs is 5. The van der Waals surface area contributed by atoms with Gasteiger partial charge in [0, 0.05) is 139 Å². The maximum Gasteiger partial charge on any atom is 0.219 e. The SMILES string of the molecule is CC(=O)N1CCC(c2cc(C3CC3)cc3[nH]ncc23)CC1.CCC1CN(c2cc(Cl)cc3[nH]ncc23)CCN1C(C)=O.CCC1CN(c2cc(Cl)cc3[nH]ncc23)CCN1S(C)(=O)=O.CS(=O)(=O)N1CCC(c2cc(C3CC3)cc3[nH]ncc23)CC1.OCCOc1cc(Cl)cc2[nH]ncc12. The molecule has 6 N–H and O–H groups in total. The fourth-order valence-electron chi connectivity index (χ4n) is 14.6. The first-order valence-electron chi connectivity index (χ1n) is 34.5. The van der Waals surface area contributed by atoms with Crippen LogP contribution >= 0.6 is 34.8 Å². The van der Waals surface area contributed by atoms with Crippen LogP contribution in [0.2, 0.25) is 15.1 Å². The number of rotatable bonds is 13. The van der Waals surface area contributed by atoms with Gasteiger partial charge < -0.3 is 29.4 Å². The minimum atomic E-state index is -3.17. The summed E-state index contributed by atoms with van der Waals surface area (Å²) in [6.07, 6.45) is 22.6. The third-order valence-corrected chi connectivity index (χ3v) is 23.6. The Kier molecular flexibility index (Phi) is 22.7. The van der Waals surface area contributed by atoms with E-state index in [1.807, 2.05) is 59.6 Å². The van der Waals surface area contributed by atoms with Gasteiger partial charge in [0.25, 0.3) is 0 Å². The molecular formula is C71H89Cl3N16O8S2. The molecule has 2 amide bonds. The van der Waals surface area contributed by atoms with Gasteiger partial charge in [-0.25, -0.2) is 21.1 Å². The number of sulfonamides is 2. The van der Waals surface area contributed by atoms with Crippen molar-refractivity contribution < 1.29 is 36.3 Å². The molecule has 5 aromatic heterocycles. The number of carbonyl (C=O) groups excluding carboxylic acids is 2. The van der Waals surface area contributed by atoms with Gasteiger partial charge in [0.05, 0.1) is 83.1 Å². The Balaban J connectivity index is 0.000000119. The Morgan fingerprint density at radius 1 is 0.490 bits per heavy atom. The molecule has 0 spiro atoms. The number of anilines is 2. The second-order valence-electron chi connectivity index (χ2n) is 27.1. The van der Waals surface area contributed by atoms with Gasteiger partial charge in [-0.1, -0.05) is 60.8 Å². The van der Waals surface area contributed by atoms with Crippen molar-refractivity contribution in [1.82, 2.24) is 69.4 Å². The van der Waals surface area contributed by atoms with Gasteiger partial charge in [-0.2, -0.15) is 29.8 Å². The minimum absolute atomic E-state index is 0.0220. The molecule has 2 aliphatic carbocycles. The molecule has 6 fully saturated rings. The zero-order valence-electron chi connectivity index (χ0n) is 57.4. The third kappa shape index (κ3) is 17.0. The minimum Gasteiger partial charge on any atom is -0.490 e. The highest BCUT2D eigenvalue weighted by Gasteiger charge is 2.35. The lowest BCUT2D eigenvalue weighted by molar-refractivity contribution is -0.131. The Labute approximate surface area is 597 Å². The molecule has 5 aromatic carbocycles. The normalized spacial score (nSPS) is 19.1. The van der Waals surface area contributed by atoms with Crippen LogP contribution in [0.15, 0.2) is 91.6 Å². The number of hydrogen-bond donors (Lipinski definition) is 6. The van der Waals surface area contributed by atoms with Gasteiger partial charge in [-0.15, -0.1) is 0 Å². The van der Waals surface area contributed by atoms with E-state index in [4.69, 9.17) is 44.6 Å². The average Bonchev–Trinajstić information content (AvgIpc) is 1.63. The van der Waals surface area contributed by atoms with E-state index >= 15 is 0 Å². The Morgan fingerprint density at radius 2 is 0.910 bits per heavy atom. The molecule has 24 nitrogen and oxygen atoms in total. The number of benzene rings is 5. The first kappa shape index (κ1) is 72.2. The lowest BCUT2D eigenvalue weighted by Gasteiger charge is -2.42. The van der Waals surface area contributed by atoms with Gasteiger partial charge in [0.2, 0.25) is 31.9 Å². The third-order valence-electron chi connectivity index (χ3n) is 20.3. The highest BCUT2D eigenvalue weighted by molar-refractivity contribution is 7.88. The highest BCUT2D eigenvalue weighted by Crippen LogP contribution is 2.46. The summed E-state index contributed by atoms with van der Waals surface area (Å²) in [5.41, 5.74) is 12.7. The van der Waals surface area contributed by atoms with Crippen molar-refractivity contribution in [3.63, 3.8) is 0 Å². The second kappa shape index (κ2) is 31.4. The Hall–Kier alpha value is -7.56. The molecule has 0 radical (unpaired) electrons. The summed E-state index contributed by atoms with van der Waals surface area (Å²) in [5.74, 6) is 3.44. The summed E-state index contributed by atoms with van der Waals surface area (Å²) in [6.45, 7) is 14.9. The number of H-pyrrole nitrogens is 5. The molecule has 2 saturated carbocycles. The summed E-state index contributed by atoms with van der Waals surface area (Å²) in [4.78, 5) is 31.6. The summed E-state index contributed by atoms with van der Waals surface area (Å²) in [5, 5.41) is 51.4. The van der Waals surface area contributed by atoms with Gasteiger partial charge in [-0.3, -0.25) is 35.1 Å². The van der Waals surface area contributed by atoms with Crippen LogP contribution in [0.25, 0.3) is 54.5 Å². The number of likely N-dealkylation sites (tertiary alicyclic amines) is 1. The standard InChI is InChI=1S/C17H21N3O.C16H21N3O2S.C15H19ClN4O.C14H19ClN4O2S.C9H9ClN2O2/c1-11(21)20-6-4-13(5-7-20)15-8-14(12-2-3-12)9-17-16(15)10-18-19-17;1-22(20,21)19-6-4-12(5-7-19)14-8-13(11-2-3-11)9-16-15(14)10-17-18-16;1-3-12-9-19(4-5-20(12)10(2)21)15-7-11(16)6-14-13(15)8-17-18-14;1-3-11-9-18(4-5-19(11)22(2,20)21)14-7-10(15)6-13-12(14)8-16-17-13;10-6-3-8-7(5-11-12-8)9(4-6)14-2-1-13/h8-10,12-13H,2-7H2,1H3,(H,18,19);8-12H,2-7H2,1H3,(H,17,18);6-8,12H,3-5,9H2,1-2H3,(H,17,18);6-8,11H,3-5,9H2,1-2H3,(H,16,17);3-5,13H,1-2H2,(H,11,12). The molecule has 10 aromatic rings. The van der Waals surface area contributed by atoms with Gasteiger partial charge >= 0.3 is 0 Å². The smallest absolute Gasteiger partial charge is 0.219 e. The number of aromatic nitrogens is 10. The van der Waals surface area contributed by atoms with Gasteiger partial charge in [0.15, 0.2) is 0 Å². The van der Waals surface area contributed by atoms with E-state index in [9.17, 15) is 26.4 Å². The molecule has 9 heterocycles. The predicted octanol–water partition coefficient (Wildman–Crippen LogP) is 12.1. The molecule has 29 heteroatoms. The van der Waals surface area contributed by atoms with Crippen LogP contribution in [0.4, 0.5) is 11.4 Å². The fourth-order valence-corrected chi connectivity index (χ4v) is 17.3. The number of nitrogens with one attached hydrogen (secondary N) is 5. The molecule has 0 bridgehead atoms. The molecule has 100 heavy (non-hydrogen) atoms. The van der Waals surface area contributed by atoms with Gasteiger partial charge in [0.1, 0.15) is 12.4 Å². The number of nitrogens with zero attached hydrogens (tertiary/aromatic N) is 11.